The van der Waals surface area contributed by atoms with E-state index in [1.807, 2.05) is 30.5 Å². The standard InChI is InChI=1S/C10H12N2O2/c1-13-12(14-2)10-7-11-9-6-4-3-5-8(9)10/h3-7,11H,1-2H3. The van der Waals surface area contributed by atoms with Gasteiger partial charge in [0.15, 0.2) is 0 Å². The van der Waals surface area contributed by atoms with Crippen molar-refractivity contribution in [1.82, 2.24) is 4.98 Å². The topological polar surface area (TPSA) is 37.5 Å². The highest BCUT2D eigenvalue weighted by Crippen LogP contribution is 2.26. The Kier molecular flexibility index (Phi) is 2.39. The van der Waals surface area contributed by atoms with Crippen molar-refractivity contribution in [3.05, 3.63) is 30.5 Å². The van der Waals surface area contributed by atoms with Crippen LogP contribution in [0.25, 0.3) is 10.9 Å². The van der Waals surface area contributed by atoms with E-state index in [0.29, 0.717) is 0 Å². The van der Waals surface area contributed by atoms with Crippen molar-refractivity contribution >= 4 is 16.6 Å². The first kappa shape index (κ1) is 9.05. The second kappa shape index (κ2) is 3.69. The molecular formula is C10H12N2O2. The summed E-state index contributed by atoms with van der Waals surface area (Å²) in [5.74, 6) is 0. The number of fused-ring (bicyclic) bond motifs is 1. The summed E-state index contributed by atoms with van der Waals surface area (Å²) in [7, 11) is 3.12. The van der Waals surface area contributed by atoms with Gasteiger partial charge in [0, 0.05) is 17.1 Å². The molecule has 0 saturated heterocycles. The van der Waals surface area contributed by atoms with Gasteiger partial charge in [-0.15, -0.1) is 5.23 Å². The van der Waals surface area contributed by atoms with E-state index >= 15 is 0 Å². The van der Waals surface area contributed by atoms with Crippen LogP contribution in [0.2, 0.25) is 0 Å². The molecule has 14 heavy (non-hydrogen) atoms. The Morgan fingerprint density at radius 1 is 1.14 bits per heavy atom. The predicted octanol–water partition coefficient (Wildman–Crippen LogP) is 2.10. The summed E-state index contributed by atoms with van der Waals surface area (Å²) in [6, 6.07) is 7.96. The number of aromatic nitrogens is 1. The lowest BCUT2D eigenvalue weighted by molar-refractivity contribution is -0.0426. The second-order valence-corrected chi connectivity index (χ2v) is 2.84. The quantitative estimate of drug-likeness (QED) is 0.757. The number of rotatable bonds is 3. The van der Waals surface area contributed by atoms with E-state index in [1.165, 1.54) is 5.23 Å². The normalized spacial score (nSPS) is 10.7. The number of aromatic amines is 1. The Morgan fingerprint density at radius 3 is 2.57 bits per heavy atom. The lowest BCUT2D eigenvalue weighted by atomic mass is 10.2. The number of nitrogens with one attached hydrogen (secondary N) is 1. The third-order valence-electron chi connectivity index (χ3n) is 2.10. The molecule has 0 radical (unpaired) electrons. The first-order chi connectivity index (χ1) is 6.86. The van der Waals surface area contributed by atoms with Crippen LogP contribution in [0, 0.1) is 0 Å². The minimum atomic E-state index is 0.866. The Hall–Kier alpha value is -1.52. The lowest BCUT2D eigenvalue weighted by Crippen LogP contribution is -2.19. The number of hydrogen-bond donors (Lipinski definition) is 1. The molecule has 2 aromatic rings. The summed E-state index contributed by atoms with van der Waals surface area (Å²) < 4.78 is 0. The van der Waals surface area contributed by atoms with Gasteiger partial charge in [0.1, 0.15) is 5.69 Å². The summed E-state index contributed by atoms with van der Waals surface area (Å²) in [5, 5.41) is 2.43. The van der Waals surface area contributed by atoms with Gasteiger partial charge in [0.25, 0.3) is 0 Å². The molecule has 0 unspecified atom stereocenters. The molecule has 1 aromatic heterocycles. The molecule has 1 N–H and O–H groups in total. The minimum Gasteiger partial charge on any atom is -0.359 e. The van der Waals surface area contributed by atoms with E-state index in [2.05, 4.69) is 4.98 Å². The van der Waals surface area contributed by atoms with E-state index in [-0.39, 0.29) is 0 Å². The highest BCUT2D eigenvalue weighted by molar-refractivity contribution is 5.91. The number of H-pyrrole nitrogens is 1. The minimum absolute atomic E-state index is 0.866. The zero-order valence-electron chi connectivity index (χ0n) is 8.15. The molecule has 1 heterocycles. The highest BCUT2D eigenvalue weighted by atomic mass is 16.9. The molecule has 0 saturated carbocycles. The van der Waals surface area contributed by atoms with Gasteiger partial charge in [-0.2, -0.15) is 0 Å². The van der Waals surface area contributed by atoms with E-state index in [1.54, 1.807) is 14.2 Å². The molecule has 4 heteroatoms. The third-order valence-corrected chi connectivity index (χ3v) is 2.10. The van der Waals surface area contributed by atoms with Crippen LogP contribution in [0.3, 0.4) is 0 Å². The molecule has 2 rings (SSSR count). The van der Waals surface area contributed by atoms with E-state index < -0.39 is 0 Å². The van der Waals surface area contributed by atoms with Gasteiger partial charge in [-0.1, -0.05) is 18.2 Å². The average molecular weight is 192 g/mol. The molecule has 1 aromatic carbocycles. The zero-order chi connectivity index (χ0) is 9.97. The Bertz CT molecular complexity index is 421. The molecule has 0 aliphatic heterocycles. The van der Waals surface area contributed by atoms with Crippen molar-refractivity contribution in [2.45, 2.75) is 0 Å². The van der Waals surface area contributed by atoms with Gasteiger partial charge in [-0.3, -0.25) is 9.68 Å². The fourth-order valence-corrected chi connectivity index (χ4v) is 1.48. The summed E-state index contributed by atoms with van der Waals surface area (Å²) >= 11 is 0. The molecule has 0 bridgehead atoms. The van der Waals surface area contributed by atoms with Crippen molar-refractivity contribution in [1.29, 1.82) is 0 Å². The van der Waals surface area contributed by atoms with Crippen molar-refractivity contribution in [2.75, 3.05) is 19.4 Å². The third kappa shape index (κ3) is 1.34. The first-order valence-electron chi connectivity index (χ1n) is 4.31. The molecular weight excluding hydrogens is 180 g/mol. The molecule has 0 spiro atoms. The number of nitrogens with zero attached hydrogens (tertiary/aromatic N) is 1. The molecule has 0 aliphatic carbocycles. The van der Waals surface area contributed by atoms with Crippen LogP contribution in [0.1, 0.15) is 0 Å². The maximum absolute atomic E-state index is 5.04. The van der Waals surface area contributed by atoms with Crippen LogP contribution in [0.5, 0.6) is 0 Å². The van der Waals surface area contributed by atoms with E-state index in [4.69, 9.17) is 9.68 Å². The molecule has 0 amide bonds. The average Bonchev–Trinajstić information content (AvgIpc) is 2.65. The summed E-state index contributed by atoms with van der Waals surface area (Å²) in [6.45, 7) is 0. The second-order valence-electron chi connectivity index (χ2n) is 2.84. The van der Waals surface area contributed by atoms with Gasteiger partial charge in [-0.05, 0) is 6.07 Å². The summed E-state index contributed by atoms with van der Waals surface area (Å²) in [4.78, 5) is 13.2. The number of para-hydroxylation sites is 1. The number of anilines is 1. The molecule has 0 aliphatic rings. The molecule has 4 nitrogen and oxygen atoms in total. The van der Waals surface area contributed by atoms with Crippen LogP contribution in [0.4, 0.5) is 5.69 Å². The van der Waals surface area contributed by atoms with E-state index in [9.17, 15) is 0 Å². The van der Waals surface area contributed by atoms with Crippen LogP contribution in [-0.4, -0.2) is 19.2 Å². The molecule has 0 fully saturated rings. The van der Waals surface area contributed by atoms with E-state index in [0.717, 1.165) is 16.6 Å². The number of hydrogen-bond acceptors (Lipinski definition) is 3. The van der Waals surface area contributed by atoms with Crippen molar-refractivity contribution in [3.8, 4) is 0 Å². The van der Waals surface area contributed by atoms with Crippen molar-refractivity contribution in [3.63, 3.8) is 0 Å². The fraction of sp³-hybridized carbons (Fsp3) is 0.200. The summed E-state index contributed by atoms with van der Waals surface area (Å²) in [5.41, 5.74) is 1.92. The summed E-state index contributed by atoms with van der Waals surface area (Å²) in [6.07, 6.45) is 1.84. The molecule has 74 valence electrons. The zero-order valence-corrected chi connectivity index (χ0v) is 8.15. The Labute approximate surface area is 81.9 Å². The van der Waals surface area contributed by atoms with Crippen molar-refractivity contribution < 1.29 is 9.68 Å². The van der Waals surface area contributed by atoms with Gasteiger partial charge in [0.2, 0.25) is 0 Å². The lowest BCUT2D eigenvalue weighted by Gasteiger charge is -2.16. The largest absolute Gasteiger partial charge is 0.359 e. The first-order valence-corrected chi connectivity index (χ1v) is 4.31. The van der Waals surface area contributed by atoms with Crippen LogP contribution < -0.4 is 5.23 Å². The maximum atomic E-state index is 5.04. The predicted molar refractivity (Wildman–Crippen MR) is 54.8 cm³/mol. The fourth-order valence-electron chi connectivity index (χ4n) is 1.48. The van der Waals surface area contributed by atoms with Gasteiger partial charge in [0.05, 0.1) is 14.2 Å². The monoisotopic (exact) mass is 192 g/mol. The van der Waals surface area contributed by atoms with Crippen molar-refractivity contribution in [2.24, 2.45) is 0 Å². The van der Waals surface area contributed by atoms with Gasteiger partial charge >= 0.3 is 0 Å². The van der Waals surface area contributed by atoms with Crippen LogP contribution in [0.15, 0.2) is 30.5 Å². The van der Waals surface area contributed by atoms with Gasteiger partial charge in [-0.25, -0.2) is 0 Å². The number of benzene rings is 1. The molecule has 0 atom stereocenters. The maximum Gasteiger partial charge on any atom is 0.120 e. The smallest absolute Gasteiger partial charge is 0.120 e. The Balaban J connectivity index is 2.51. The highest BCUT2D eigenvalue weighted by Gasteiger charge is 2.10. The van der Waals surface area contributed by atoms with Gasteiger partial charge < -0.3 is 4.98 Å². The van der Waals surface area contributed by atoms with Crippen LogP contribution in [-0.2, 0) is 9.68 Å². The Morgan fingerprint density at radius 2 is 1.86 bits per heavy atom. The van der Waals surface area contributed by atoms with Crippen LogP contribution >= 0.6 is 0 Å². The SMILES string of the molecule is CON(OC)c1c[nH]c2ccccc12.